The van der Waals surface area contributed by atoms with Crippen LogP contribution in [-0.2, 0) is 10.8 Å². The second-order valence-electron chi connectivity index (χ2n) is 7.35. The number of phenols is 1. The van der Waals surface area contributed by atoms with E-state index in [2.05, 4.69) is 57.8 Å². The normalized spacial score (nSPS) is 12.7. The zero-order chi connectivity index (χ0) is 16.0. The van der Waals surface area contributed by atoms with Crippen LogP contribution in [0.5, 0.6) is 5.75 Å². The van der Waals surface area contributed by atoms with Gasteiger partial charge in [0.2, 0.25) is 0 Å². The zero-order valence-corrected chi connectivity index (χ0v) is 14.2. The molecular weight excluding hydrogens is 286 g/mol. The molecule has 0 amide bonds. The van der Waals surface area contributed by atoms with Crippen molar-refractivity contribution in [2.24, 2.45) is 0 Å². The molecule has 1 aromatic heterocycles. The average molecular weight is 308 g/mol. The molecule has 0 aliphatic heterocycles. The van der Waals surface area contributed by atoms with Gasteiger partial charge in [-0.25, -0.2) is 0 Å². The van der Waals surface area contributed by atoms with E-state index in [1.54, 1.807) is 0 Å². The van der Waals surface area contributed by atoms with Gasteiger partial charge in [-0.15, -0.1) is 9.90 Å². The van der Waals surface area contributed by atoms with Gasteiger partial charge in [0.15, 0.2) is 5.15 Å². The lowest BCUT2D eigenvalue weighted by Gasteiger charge is -2.27. The summed E-state index contributed by atoms with van der Waals surface area (Å²) < 4.78 is 0. The molecule has 1 aromatic carbocycles. The summed E-state index contributed by atoms with van der Waals surface area (Å²) in [7, 11) is 0. The van der Waals surface area contributed by atoms with Crippen molar-refractivity contribution in [1.82, 2.24) is 15.0 Å². The van der Waals surface area contributed by atoms with Gasteiger partial charge in [0.1, 0.15) is 11.4 Å². The molecule has 0 aliphatic carbocycles. The highest BCUT2D eigenvalue weighted by molar-refractivity contribution is 6.29. The zero-order valence-electron chi connectivity index (χ0n) is 13.4. The van der Waals surface area contributed by atoms with E-state index in [0.717, 1.165) is 11.1 Å². The molecule has 0 spiro atoms. The van der Waals surface area contributed by atoms with Crippen molar-refractivity contribution in [2.45, 2.75) is 52.4 Å². The Morgan fingerprint density at radius 1 is 1.05 bits per heavy atom. The maximum absolute atomic E-state index is 10.6. The van der Waals surface area contributed by atoms with E-state index >= 15 is 0 Å². The number of nitrogens with zero attached hydrogens (tertiary/aromatic N) is 3. The average Bonchev–Trinajstić information content (AvgIpc) is 2.72. The number of rotatable bonds is 1. The summed E-state index contributed by atoms with van der Waals surface area (Å²) in [6, 6.07) is 3.98. The molecular formula is C16H22ClN3O. The number of halogens is 1. The number of aromatic nitrogens is 3. The standard InChI is InChI=1S/C16H22ClN3O/c1-15(2,3)10-7-11(16(4,5)6)14(21)12(8-10)20-18-9-13(17)19-20/h7-9,21H,1-6H3. The smallest absolute Gasteiger partial charge is 0.171 e. The summed E-state index contributed by atoms with van der Waals surface area (Å²) in [6.45, 7) is 12.6. The van der Waals surface area contributed by atoms with E-state index in [1.165, 1.54) is 11.0 Å². The maximum Gasteiger partial charge on any atom is 0.171 e. The van der Waals surface area contributed by atoms with Gasteiger partial charge < -0.3 is 5.11 Å². The maximum atomic E-state index is 10.6. The molecule has 0 aliphatic rings. The Bertz CT molecular complexity index is 663. The first-order valence-electron chi connectivity index (χ1n) is 6.96. The lowest BCUT2D eigenvalue weighted by Crippen LogP contribution is -2.18. The number of hydrogen-bond donors (Lipinski definition) is 1. The highest BCUT2D eigenvalue weighted by atomic mass is 35.5. The molecule has 1 N–H and O–H groups in total. The van der Waals surface area contributed by atoms with Crippen molar-refractivity contribution in [3.8, 4) is 11.4 Å². The van der Waals surface area contributed by atoms with Gasteiger partial charge in [0.05, 0.1) is 6.20 Å². The summed E-state index contributed by atoms with van der Waals surface area (Å²) >= 11 is 5.85. The van der Waals surface area contributed by atoms with E-state index < -0.39 is 0 Å². The van der Waals surface area contributed by atoms with Crippen LogP contribution in [0.2, 0.25) is 5.15 Å². The van der Waals surface area contributed by atoms with E-state index in [4.69, 9.17) is 11.6 Å². The summed E-state index contributed by atoms with van der Waals surface area (Å²) in [6.07, 6.45) is 1.46. The van der Waals surface area contributed by atoms with Crippen molar-refractivity contribution >= 4 is 11.6 Å². The molecule has 2 rings (SSSR count). The van der Waals surface area contributed by atoms with Crippen LogP contribution in [0.1, 0.15) is 52.7 Å². The predicted octanol–water partition coefficient (Wildman–Crippen LogP) is 4.22. The molecule has 0 unspecified atom stereocenters. The third-order valence-corrected chi connectivity index (χ3v) is 3.62. The van der Waals surface area contributed by atoms with Gasteiger partial charge in [-0.2, -0.15) is 5.10 Å². The molecule has 0 fully saturated rings. The number of hydrogen-bond acceptors (Lipinski definition) is 3. The first-order valence-corrected chi connectivity index (χ1v) is 7.34. The fraction of sp³-hybridized carbons (Fsp3) is 0.500. The van der Waals surface area contributed by atoms with E-state index in [9.17, 15) is 5.11 Å². The first kappa shape index (κ1) is 15.8. The second kappa shape index (κ2) is 5.02. The van der Waals surface area contributed by atoms with E-state index in [0.29, 0.717) is 10.8 Å². The third kappa shape index (κ3) is 3.21. The third-order valence-electron chi connectivity index (χ3n) is 3.44. The van der Waals surface area contributed by atoms with Crippen LogP contribution in [0.15, 0.2) is 18.3 Å². The minimum Gasteiger partial charge on any atom is -0.505 e. The minimum absolute atomic E-state index is 0.0423. The fourth-order valence-corrected chi connectivity index (χ4v) is 2.25. The largest absolute Gasteiger partial charge is 0.505 e. The Morgan fingerprint density at radius 2 is 1.67 bits per heavy atom. The molecule has 21 heavy (non-hydrogen) atoms. The number of phenolic OH excluding ortho intramolecular Hbond substituents is 1. The fourth-order valence-electron chi connectivity index (χ4n) is 2.14. The van der Waals surface area contributed by atoms with Crippen molar-refractivity contribution in [2.75, 3.05) is 0 Å². The van der Waals surface area contributed by atoms with Gasteiger partial charge in [0.25, 0.3) is 0 Å². The van der Waals surface area contributed by atoms with Gasteiger partial charge in [-0.3, -0.25) is 0 Å². The summed E-state index contributed by atoms with van der Waals surface area (Å²) in [4.78, 5) is 1.38. The van der Waals surface area contributed by atoms with Crippen LogP contribution in [0.25, 0.3) is 5.69 Å². The Hall–Kier alpha value is -1.55. The monoisotopic (exact) mass is 307 g/mol. The Balaban J connectivity index is 2.75. The van der Waals surface area contributed by atoms with Crippen molar-refractivity contribution in [3.63, 3.8) is 0 Å². The predicted molar refractivity (Wildman–Crippen MR) is 85.4 cm³/mol. The van der Waals surface area contributed by atoms with Crippen LogP contribution in [0.4, 0.5) is 0 Å². The quantitative estimate of drug-likeness (QED) is 0.858. The SMILES string of the molecule is CC(C)(C)c1cc(-n2ncc(Cl)n2)c(O)c(C(C)(C)C)c1. The molecule has 114 valence electrons. The van der Waals surface area contributed by atoms with Crippen LogP contribution in [-0.4, -0.2) is 20.1 Å². The van der Waals surface area contributed by atoms with Crippen LogP contribution in [0, 0.1) is 0 Å². The van der Waals surface area contributed by atoms with E-state index in [1.807, 2.05) is 6.07 Å². The minimum atomic E-state index is -0.183. The summed E-state index contributed by atoms with van der Waals surface area (Å²) in [5.74, 6) is 0.197. The lowest BCUT2D eigenvalue weighted by molar-refractivity contribution is 0.438. The summed E-state index contributed by atoms with van der Waals surface area (Å²) in [5, 5.41) is 19.1. The highest BCUT2D eigenvalue weighted by Crippen LogP contribution is 2.38. The number of aromatic hydroxyl groups is 1. The van der Waals surface area contributed by atoms with Gasteiger partial charge in [-0.05, 0) is 22.5 Å². The molecule has 2 aromatic rings. The second-order valence-corrected chi connectivity index (χ2v) is 7.74. The van der Waals surface area contributed by atoms with Crippen LogP contribution in [0.3, 0.4) is 0 Å². The Kier molecular flexibility index (Phi) is 3.79. The van der Waals surface area contributed by atoms with Crippen LogP contribution >= 0.6 is 11.6 Å². The molecule has 4 nitrogen and oxygen atoms in total. The molecule has 0 bridgehead atoms. The highest BCUT2D eigenvalue weighted by Gasteiger charge is 2.26. The van der Waals surface area contributed by atoms with Gasteiger partial charge in [0, 0.05) is 5.56 Å². The van der Waals surface area contributed by atoms with Gasteiger partial charge >= 0.3 is 0 Å². The van der Waals surface area contributed by atoms with Crippen molar-refractivity contribution in [1.29, 1.82) is 0 Å². The number of benzene rings is 1. The lowest BCUT2D eigenvalue weighted by atomic mass is 9.80. The first-order chi connectivity index (χ1) is 9.50. The van der Waals surface area contributed by atoms with Gasteiger partial charge in [-0.1, -0.05) is 59.2 Å². The molecule has 5 heteroatoms. The Labute approximate surface area is 130 Å². The van der Waals surface area contributed by atoms with Crippen molar-refractivity contribution < 1.29 is 5.11 Å². The van der Waals surface area contributed by atoms with Crippen LogP contribution < -0.4 is 0 Å². The molecule has 1 heterocycles. The molecule has 0 saturated carbocycles. The van der Waals surface area contributed by atoms with E-state index in [-0.39, 0.29) is 16.6 Å². The molecule has 0 atom stereocenters. The topological polar surface area (TPSA) is 50.9 Å². The summed E-state index contributed by atoms with van der Waals surface area (Å²) in [5.41, 5.74) is 2.32. The Morgan fingerprint density at radius 3 is 2.10 bits per heavy atom. The molecule has 0 saturated heterocycles. The van der Waals surface area contributed by atoms with Crippen molar-refractivity contribution in [3.05, 3.63) is 34.6 Å². The molecule has 0 radical (unpaired) electrons.